The molecule has 4 heteroatoms. The van der Waals surface area contributed by atoms with Crippen molar-refractivity contribution in [1.82, 2.24) is 0 Å². The van der Waals surface area contributed by atoms with Crippen molar-refractivity contribution in [2.45, 2.75) is 38.9 Å². The lowest BCUT2D eigenvalue weighted by Crippen LogP contribution is -2.14. The first kappa shape index (κ1) is 20.2. The summed E-state index contributed by atoms with van der Waals surface area (Å²) < 4.78 is 17.3. The van der Waals surface area contributed by atoms with Crippen molar-refractivity contribution in [2.24, 2.45) is 0 Å². The molecule has 0 bridgehead atoms. The van der Waals surface area contributed by atoms with Gasteiger partial charge in [0.1, 0.15) is 30.5 Å². The SMILES string of the molecule is C=C(COc1ccccc1)C1=CCOC1CC/C(=C/c1ccc(CO)o1)CC. The van der Waals surface area contributed by atoms with Crippen LogP contribution in [-0.4, -0.2) is 24.4 Å². The third-order valence-corrected chi connectivity index (χ3v) is 4.88. The lowest BCUT2D eigenvalue weighted by Gasteiger charge is -2.18. The van der Waals surface area contributed by atoms with E-state index in [1.807, 2.05) is 36.4 Å². The van der Waals surface area contributed by atoms with Crippen LogP contribution >= 0.6 is 0 Å². The predicted octanol–water partition coefficient (Wildman–Crippen LogP) is 5.31. The van der Waals surface area contributed by atoms with Gasteiger partial charge in [0.15, 0.2) is 0 Å². The first-order valence-corrected chi connectivity index (χ1v) is 9.76. The Morgan fingerprint density at radius 2 is 2.07 bits per heavy atom. The van der Waals surface area contributed by atoms with E-state index in [9.17, 15) is 0 Å². The number of furan rings is 1. The molecule has 0 fully saturated rings. The van der Waals surface area contributed by atoms with Gasteiger partial charge >= 0.3 is 0 Å². The molecule has 1 atom stereocenters. The Bertz CT molecular complexity index is 829. The van der Waals surface area contributed by atoms with Gasteiger partial charge in [-0.2, -0.15) is 0 Å². The fourth-order valence-electron chi connectivity index (χ4n) is 3.28. The lowest BCUT2D eigenvalue weighted by atomic mass is 9.96. The molecule has 1 aliphatic heterocycles. The number of hydrogen-bond donors (Lipinski definition) is 1. The fraction of sp³-hybridized carbons (Fsp3) is 0.333. The van der Waals surface area contributed by atoms with Crippen LogP contribution in [0.5, 0.6) is 5.75 Å². The predicted molar refractivity (Wildman–Crippen MR) is 111 cm³/mol. The van der Waals surface area contributed by atoms with Crippen molar-refractivity contribution in [2.75, 3.05) is 13.2 Å². The largest absolute Gasteiger partial charge is 0.489 e. The van der Waals surface area contributed by atoms with Gasteiger partial charge in [-0.1, -0.05) is 43.4 Å². The Balaban J connectivity index is 1.54. The number of para-hydroxylation sites is 1. The molecule has 3 rings (SSSR count). The van der Waals surface area contributed by atoms with Gasteiger partial charge in [-0.15, -0.1) is 0 Å². The molecule has 28 heavy (non-hydrogen) atoms. The number of hydrogen-bond acceptors (Lipinski definition) is 4. The second kappa shape index (κ2) is 10.1. The molecule has 148 valence electrons. The van der Waals surface area contributed by atoms with Gasteiger partial charge in [-0.25, -0.2) is 0 Å². The summed E-state index contributed by atoms with van der Waals surface area (Å²) in [5, 5.41) is 9.13. The molecule has 1 aromatic heterocycles. The van der Waals surface area contributed by atoms with E-state index in [0.29, 0.717) is 19.0 Å². The van der Waals surface area contributed by atoms with Crippen molar-refractivity contribution in [3.05, 3.63) is 83.4 Å². The zero-order chi connectivity index (χ0) is 19.8. The maximum atomic E-state index is 9.13. The van der Waals surface area contributed by atoms with Crippen LogP contribution in [0.3, 0.4) is 0 Å². The summed E-state index contributed by atoms with van der Waals surface area (Å²) in [6.45, 7) is 7.34. The highest BCUT2D eigenvalue weighted by molar-refractivity contribution is 5.47. The van der Waals surface area contributed by atoms with Crippen molar-refractivity contribution in [1.29, 1.82) is 0 Å². The molecule has 0 radical (unpaired) electrons. The van der Waals surface area contributed by atoms with E-state index < -0.39 is 0 Å². The van der Waals surface area contributed by atoms with Crippen LogP contribution in [0, 0.1) is 0 Å². The first-order chi connectivity index (χ1) is 13.7. The molecule has 0 saturated heterocycles. The lowest BCUT2D eigenvalue weighted by molar-refractivity contribution is 0.116. The van der Waals surface area contributed by atoms with Crippen molar-refractivity contribution < 1.29 is 19.0 Å². The number of ether oxygens (including phenoxy) is 2. The van der Waals surface area contributed by atoms with Gasteiger partial charge in [-0.3, -0.25) is 0 Å². The van der Waals surface area contributed by atoms with E-state index in [1.54, 1.807) is 6.07 Å². The maximum Gasteiger partial charge on any atom is 0.130 e. The summed E-state index contributed by atoms with van der Waals surface area (Å²) in [7, 11) is 0. The fourth-order valence-corrected chi connectivity index (χ4v) is 3.28. The summed E-state index contributed by atoms with van der Waals surface area (Å²) in [5.74, 6) is 2.21. The average Bonchev–Trinajstić information content (AvgIpc) is 3.39. The third-order valence-electron chi connectivity index (χ3n) is 4.88. The van der Waals surface area contributed by atoms with Gasteiger partial charge in [0.05, 0.1) is 12.7 Å². The number of allylic oxidation sites excluding steroid dienone is 1. The average molecular weight is 380 g/mol. The van der Waals surface area contributed by atoms with E-state index in [0.717, 1.165) is 41.9 Å². The highest BCUT2D eigenvalue weighted by Gasteiger charge is 2.22. The molecule has 0 amide bonds. The molecular formula is C24H28O4. The summed E-state index contributed by atoms with van der Waals surface area (Å²) in [5.41, 5.74) is 3.40. The maximum absolute atomic E-state index is 9.13. The summed E-state index contributed by atoms with van der Waals surface area (Å²) in [4.78, 5) is 0. The minimum absolute atomic E-state index is 0.0476. The number of aliphatic hydroxyl groups excluding tert-OH is 1. The Kier molecular flexibility index (Phi) is 7.29. The van der Waals surface area contributed by atoms with Crippen LogP contribution in [0.2, 0.25) is 0 Å². The van der Waals surface area contributed by atoms with Crippen molar-refractivity contribution >= 4 is 6.08 Å². The Labute approximate surface area is 166 Å². The quantitative estimate of drug-likeness (QED) is 0.607. The van der Waals surface area contributed by atoms with E-state index in [1.165, 1.54) is 5.57 Å². The molecule has 0 aliphatic carbocycles. The Hall–Kier alpha value is -2.56. The highest BCUT2D eigenvalue weighted by atomic mass is 16.5. The van der Waals surface area contributed by atoms with E-state index in [-0.39, 0.29) is 12.7 Å². The van der Waals surface area contributed by atoms with Gasteiger partial charge in [0, 0.05) is 0 Å². The van der Waals surface area contributed by atoms with Gasteiger partial charge in [-0.05, 0) is 60.8 Å². The Morgan fingerprint density at radius 3 is 2.79 bits per heavy atom. The van der Waals surface area contributed by atoms with Gasteiger partial charge in [0.25, 0.3) is 0 Å². The smallest absolute Gasteiger partial charge is 0.130 e. The van der Waals surface area contributed by atoms with Crippen molar-refractivity contribution in [3.8, 4) is 5.75 Å². The topological polar surface area (TPSA) is 51.8 Å². The normalized spacial score (nSPS) is 16.9. The minimum atomic E-state index is -0.0769. The standard InChI is InChI=1S/C24H28O4/c1-3-19(15-21-10-11-22(16-25)28-21)9-12-24-23(13-14-26-24)18(2)17-27-20-7-5-4-6-8-20/h4-8,10-11,13,15,24-25H,2-3,9,12,14,16-17H2,1H3/b19-15+. The molecule has 1 aliphatic rings. The molecule has 2 aromatic rings. The Morgan fingerprint density at radius 1 is 1.25 bits per heavy atom. The van der Waals surface area contributed by atoms with Crippen molar-refractivity contribution in [3.63, 3.8) is 0 Å². The number of aliphatic hydroxyl groups is 1. The van der Waals surface area contributed by atoms with Gasteiger partial charge in [0.2, 0.25) is 0 Å². The molecule has 1 N–H and O–H groups in total. The van der Waals surface area contributed by atoms with Crippen LogP contribution in [0.15, 0.2) is 76.3 Å². The van der Waals surface area contributed by atoms with E-state index >= 15 is 0 Å². The molecule has 0 saturated carbocycles. The van der Waals surface area contributed by atoms with Crippen LogP contribution in [-0.2, 0) is 11.3 Å². The summed E-state index contributed by atoms with van der Waals surface area (Å²) in [6.07, 6.45) is 6.97. The van der Waals surface area contributed by atoms with Crippen LogP contribution < -0.4 is 4.74 Å². The molecule has 2 heterocycles. The van der Waals surface area contributed by atoms with E-state index in [4.69, 9.17) is 19.0 Å². The molecular weight excluding hydrogens is 352 g/mol. The van der Waals surface area contributed by atoms with Gasteiger partial charge < -0.3 is 19.0 Å². The monoisotopic (exact) mass is 380 g/mol. The number of benzene rings is 1. The summed E-state index contributed by atoms with van der Waals surface area (Å²) in [6, 6.07) is 13.5. The highest BCUT2D eigenvalue weighted by Crippen LogP contribution is 2.28. The van der Waals surface area contributed by atoms with Crippen LogP contribution in [0.1, 0.15) is 37.7 Å². The number of rotatable bonds is 10. The van der Waals surface area contributed by atoms with Crippen LogP contribution in [0.25, 0.3) is 6.08 Å². The first-order valence-electron chi connectivity index (χ1n) is 9.76. The van der Waals surface area contributed by atoms with E-state index in [2.05, 4.69) is 25.7 Å². The van der Waals surface area contributed by atoms with Crippen LogP contribution in [0.4, 0.5) is 0 Å². The molecule has 4 nitrogen and oxygen atoms in total. The second-order valence-corrected chi connectivity index (χ2v) is 6.84. The molecule has 1 unspecified atom stereocenters. The zero-order valence-corrected chi connectivity index (χ0v) is 16.4. The third kappa shape index (κ3) is 5.47. The zero-order valence-electron chi connectivity index (χ0n) is 16.4. The minimum Gasteiger partial charge on any atom is -0.489 e. The molecule has 1 aromatic carbocycles. The summed E-state index contributed by atoms with van der Waals surface area (Å²) >= 11 is 0. The molecule has 0 spiro atoms. The second-order valence-electron chi connectivity index (χ2n) is 6.84.